The third kappa shape index (κ3) is 2.88. The Morgan fingerprint density at radius 1 is 1.56 bits per heavy atom. The summed E-state index contributed by atoms with van der Waals surface area (Å²) in [5.41, 5.74) is 7.58. The van der Waals surface area contributed by atoms with Crippen molar-refractivity contribution in [2.45, 2.75) is 27.3 Å². The molecule has 0 saturated heterocycles. The molecule has 16 heavy (non-hydrogen) atoms. The number of methoxy groups -OCH3 is 1. The number of nitrogen functional groups attached to an aromatic ring is 1. The summed E-state index contributed by atoms with van der Waals surface area (Å²) in [5.74, 6) is 1.37. The van der Waals surface area contributed by atoms with Crippen molar-refractivity contribution in [2.75, 3.05) is 31.3 Å². The molecule has 0 aromatic carbocycles. The van der Waals surface area contributed by atoms with Crippen molar-refractivity contribution in [3.63, 3.8) is 0 Å². The van der Waals surface area contributed by atoms with Gasteiger partial charge in [-0.25, -0.2) is 4.68 Å². The highest BCUT2D eigenvalue weighted by atomic mass is 16.5. The minimum Gasteiger partial charge on any atom is -0.394 e. The number of nitrogens with one attached hydrogen (secondary N) is 1. The normalized spacial score (nSPS) is 12.8. The van der Waals surface area contributed by atoms with Crippen LogP contribution >= 0.6 is 0 Å². The van der Waals surface area contributed by atoms with Crippen molar-refractivity contribution in [1.82, 2.24) is 9.78 Å². The van der Waals surface area contributed by atoms with Gasteiger partial charge in [-0.15, -0.1) is 0 Å². The molecule has 0 aliphatic heterocycles. The number of rotatable bonds is 6. The summed E-state index contributed by atoms with van der Waals surface area (Å²) in [7, 11) is 1.71. The quantitative estimate of drug-likeness (QED) is 0.771. The molecule has 5 nitrogen and oxygen atoms in total. The van der Waals surface area contributed by atoms with Crippen molar-refractivity contribution in [3.05, 3.63) is 5.69 Å². The molecule has 1 aromatic rings. The number of aromatic nitrogens is 2. The number of nitrogens with two attached hydrogens (primary N) is 1. The fourth-order valence-electron chi connectivity index (χ4n) is 1.62. The number of hydrogen-bond donors (Lipinski definition) is 2. The van der Waals surface area contributed by atoms with Crippen LogP contribution in [0.15, 0.2) is 0 Å². The van der Waals surface area contributed by atoms with Gasteiger partial charge in [-0.1, -0.05) is 6.92 Å². The van der Waals surface area contributed by atoms with E-state index in [-0.39, 0.29) is 0 Å². The lowest BCUT2D eigenvalue weighted by atomic mass is 10.2. The maximum Gasteiger partial charge on any atom is 0.148 e. The number of aryl methyl sites for hydroxylation is 2. The van der Waals surface area contributed by atoms with Crippen molar-refractivity contribution in [1.29, 1.82) is 0 Å². The molecular formula is C11H22N4O. The Labute approximate surface area is 97.0 Å². The molecule has 92 valence electrons. The monoisotopic (exact) mass is 226 g/mol. The molecule has 1 unspecified atom stereocenters. The zero-order chi connectivity index (χ0) is 12.1. The Hall–Kier alpha value is -1.23. The van der Waals surface area contributed by atoms with Gasteiger partial charge in [0.25, 0.3) is 0 Å². The maximum absolute atomic E-state index is 5.96. The fourth-order valence-corrected chi connectivity index (χ4v) is 1.62. The average Bonchev–Trinajstić information content (AvgIpc) is 2.53. The first kappa shape index (κ1) is 12.8. The first-order chi connectivity index (χ1) is 7.60. The molecule has 0 aliphatic carbocycles. The molecule has 1 aromatic heterocycles. The Kier molecular flexibility index (Phi) is 4.61. The summed E-state index contributed by atoms with van der Waals surface area (Å²) in [6.45, 7) is 8.50. The summed E-state index contributed by atoms with van der Waals surface area (Å²) in [6, 6.07) is 0. The van der Waals surface area contributed by atoms with Crippen LogP contribution < -0.4 is 11.1 Å². The molecule has 5 heteroatoms. The highest BCUT2D eigenvalue weighted by Crippen LogP contribution is 2.22. The van der Waals surface area contributed by atoms with Gasteiger partial charge in [0, 0.05) is 20.2 Å². The minimum atomic E-state index is 0.449. The highest BCUT2D eigenvalue weighted by Gasteiger charge is 2.11. The lowest BCUT2D eigenvalue weighted by molar-refractivity contribution is 0.164. The molecule has 0 saturated carbocycles. The predicted octanol–water partition coefficient (Wildman–Crippen LogP) is 1.49. The van der Waals surface area contributed by atoms with Gasteiger partial charge in [0.05, 0.1) is 18.0 Å². The first-order valence-corrected chi connectivity index (χ1v) is 5.65. The van der Waals surface area contributed by atoms with Crippen LogP contribution in [0.5, 0.6) is 0 Å². The standard InChI is InChI=1S/C11H22N4O/c1-5-15-11(10(12)9(3)14-15)13-6-8(2)7-16-4/h8,13H,5-7,12H2,1-4H3. The first-order valence-electron chi connectivity index (χ1n) is 5.65. The molecule has 0 spiro atoms. The summed E-state index contributed by atoms with van der Waals surface area (Å²) >= 11 is 0. The van der Waals surface area contributed by atoms with E-state index in [4.69, 9.17) is 10.5 Å². The van der Waals surface area contributed by atoms with E-state index in [2.05, 4.69) is 24.3 Å². The fraction of sp³-hybridized carbons (Fsp3) is 0.727. The molecule has 3 N–H and O–H groups in total. The van der Waals surface area contributed by atoms with Crippen molar-refractivity contribution in [2.24, 2.45) is 5.92 Å². The van der Waals surface area contributed by atoms with E-state index in [1.54, 1.807) is 7.11 Å². The van der Waals surface area contributed by atoms with Crippen molar-refractivity contribution < 1.29 is 4.74 Å². The van der Waals surface area contributed by atoms with Crippen LogP contribution in [0.2, 0.25) is 0 Å². The third-order valence-electron chi connectivity index (χ3n) is 2.54. The van der Waals surface area contributed by atoms with E-state index < -0.39 is 0 Å². The molecule has 0 radical (unpaired) electrons. The molecule has 0 fully saturated rings. The number of hydrogen-bond acceptors (Lipinski definition) is 4. The van der Waals surface area contributed by atoms with Gasteiger partial charge in [0.1, 0.15) is 5.82 Å². The van der Waals surface area contributed by atoms with Crippen LogP contribution in [0.3, 0.4) is 0 Å². The van der Waals surface area contributed by atoms with Crippen LogP contribution in [-0.2, 0) is 11.3 Å². The van der Waals surface area contributed by atoms with Crippen LogP contribution in [0.1, 0.15) is 19.5 Å². The zero-order valence-electron chi connectivity index (χ0n) is 10.6. The zero-order valence-corrected chi connectivity index (χ0v) is 10.6. The van der Waals surface area contributed by atoms with Crippen molar-refractivity contribution >= 4 is 11.5 Å². The molecule has 0 aliphatic rings. The Morgan fingerprint density at radius 2 is 2.25 bits per heavy atom. The Balaban J connectivity index is 2.65. The van der Waals surface area contributed by atoms with E-state index in [0.717, 1.165) is 36.9 Å². The second kappa shape index (κ2) is 5.75. The lowest BCUT2D eigenvalue weighted by Crippen LogP contribution is -2.18. The molecular weight excluding hydrogens is 204 g/mol. The second-order valence-electron chi connectivity index (χ2n) is 4.10. The van der Waals surface area contributed by atoms with Gasteiger partial charge < -0.3 is 15.8 Å². The molecule has 1 heterocycles. The van der Waals surface area contributed by atoms with Crippen LogP contribution in [0.4, 0.5) is 11.5 Å². The van der Waals surface area contributed by atoms with E-state index in [0.29, 0.717) is 5.92 Å². The van der Waals surface area contributed by atoms with Gasteiger partial charge in [-0.05, 0) is 19.8 Å². The molecule has 1 rings (SSSR count). The van der Waals surface area contributed by atoms with E-state index in [9.17, 15) is 0 Å². The minimum absolute atomic E-state index is 0.449. The van der Waals surface area contributed by atoms with Crippen LogP contribution in [0.25, 0.3) is 0 Å². The largest absolute Gasteiger partial charge is 0.394 e. The number of anilines is 2. The van der Waals surface area contributed by atoms with Crippen LogP contribution in [0, 0.1) is 12.8 Å². The summed E-state index contributed by atoms with van der Waals surface area (Å²) in [5, 5.41) is 7.68. The van der Waals surface area contributed by atoms with Crippen LogP contribution in [-0.4, -0.2) is 30.0 Å². The summed E-state index contributed by atoms with van der Waals surface area (Å²) in [4.78, 5) is 0. The molecule has 1 atom stereocenters. The van der Waals surface area contributed by atoms with Gasteiger partial charge in [-0.2, -0.15) is 5.10 Å². The van der Waals surface area contributed by atoms with E-state index in [1.165, 1.54) is 0 Å². The van der Waals surface area contributed by atoms with Gasteiger partial charge >= 0.3 is 0 Å². The highest BCUT2D eigenvalue weighted by molar-refractivity contribution is 5.64. The molecule has 0 amide bonds. The number of ether oxygens (including phenoxy) is 1. The third-order valence-corrected chi connectivity index (χ3v) is 2.54. The smallest absolute Gasteiger partial charge is 0.148 e. The topological polar surface area (TPSA) is 65.1 Å². The average molecular weight is 226 g/mol. The van der Waals surface area contributed by atoms with Gasteiger partial charge in [-0.3, -0.25) is 0 Å². The van der Waals surface area contributed by atoms with E-state index in [1.807, 2.05) is 11.6 Å². The number of nitrogens with zero attached hydrogens (tertiary/aromatic N) is 2. The predicted molar refractivity (Wildman–Crippen MR) is 66.6 cm³/mol. The van der Waals surface area contributed by atoms with Gasteiger partial charge in [0.2, 0.25) is 0 Å². The SMILES string of the molecule is CCn1nc(C)c(N)c1NCC(C)COC. The molecule has 0 bridgehead atoms. The Bertz CT molecular complexity index is 335. The summed E-state index contributed by atoms with van der Waals surface area (Å²) < 4.78 is 6.98. The summed E-state index contributed by atoms with van der Waals surface area (Å²) in [6.07, 6.45) is 0. The second-order valence-corrected chi connectivity index (χ2v) is 4.10. The van der Waals surface area contributed by atoms with Crippen molar-refractivity contribution in [3.8, 4) is 0 Å². The van der Waals surface area contributed by atoms with Gasteiger partial charge in [0.15, 0.2) is 0 Å². The lowest BCUT2D eigenvalue weighted by Gasteiger charge is -2.13. The Morgan fingerprint density at radius 3 is 2.81 bits per heavy atom. The van der Waals surface area contributed by atoms with E-state index >= 15 is 0 Å². The maximum atomic E-state index is 5.96.